The van der Waals surface area contributed by atoms with E-state index in [1.54, 1.807) is 4.68 Å². The lowest BCUT2D eigenvalue weighted by Crippen LogP contribution is -2.10. The molecule has 0 unspecified atom stereocenters. The van der Waals surface area contributed by atoms with Gasteiger partial charge in [-0.3, -0.25) is 4.79 Å². The molecule has 0 saturated carbocycles. The molecule has 5 heteroatoms. The summed E-state index contributed by atoms with van der Waals surface area (Å²) < 4.78 is 1.60. The van der Waals surface area contributed by atoms with E-state index in [9.17, 15) is 4.79 Å². The van der Waals surface area contributed by atoms with Gasteiger partial charge in [-0.1, -0.05) is 35.5 Å². The van der Waals surface area contributed by atoms with Crippen LogP contribution in [-0.2, 0) is 17.8 Å². The quantitative estimate of drug-likeness (QED) is 0.828. The molecule has 0 spiro atoms. The molecular formula is C11H11N3O2. The smallest absolute Gasteiger partial charge is 0.309 e. The molecule has 2 aromatic rings. The van der Waals surface area contributed by atoms with E-state index in [2.05, 4.69) is 10.3 Å². The number of aromatic nitrogens is 3. The number of carbonyl (C=O) groups is 1. The summed E-state index contributed by atoms with van der Waals surface area (Å²) in [5, 5.41) is 16.3. The van der Waals surface area contributed by atoms with Crippen molar-refractivity contribution < 1.29 is 9.90 Å². The lowest BCUT2D eigenvalue weighted by atomic mass is 10.2. The van der Waals surface area contributed by atoms with Crippen LogP contribution in [0.1, 0.15) is 11.3 Å². The maximum atomic E-state index is 10.6. The van der Waals surface area contributed by atoms with E-state index in [4.69, 9.17) is 5.11 Å². The number of hydrogen-bond donors (Lipinski definition) is 1. The Labute approximate surface area is 92.3 Å². The number of carboxylic acids is 1. The van der Waals surface area contributed by atoms with Gasteiger partial charge < -0.3 is 5.11 Å². The molecular weight excluding hydrogens is 206 g/mol. The standard InChI is InChI=1S/C11H11N3O2/c15-11(16)6-10-7-12-13-14(10)8-9-4-2-1-3-5-9/h1-5,7H,6,8H2,(H,15,16). The van der Waals surface area contributed by atoms with Gasteiger partial charge in [0.15, 0.2) is 0 Å². The summed E-state index contributed by atoms with van der Waals surface area (Å²) >= 11 is 0. The molecule has 2 rings (SSSR count). The van der Waals surface area contributed by atoms with E-state index in [-0.39, 0.29) is 6.42 Å². The topological polar surface area (TPSA) is 68.0 Å². The molecule has 1 aromatic heterocycles. The van der Waals surface area contributed by atoms with Gasteiger partial charge in [-0.2, -0.15) is 0 Å². The molecule has 0 aliphatic carbocycles. The first-order chi connectivity index (χ1) is 7.75. The first kappa shape index (κ1) is 10.4. The first-order valence-electron chi connectivity index (χ1n) is 4.89. The van der Waals surface area contributed by atoms with E-state index in [1.807, 2.05) is 30.3 Å². The number of benzene rings is 1. The van der Waals surface area contributed by atoms with E-state index in [0.717, 1.165) is 5.56 Å². The Morgan fingerprint density at radius 2 is 2.06 bits per heavy atom. The fourth-order valence-electron chi connectivity index (χ4n) is 1.46. The number of carboxylic acid groups (broad SMARTS) is 1. The summed E-state index contributed by atoms with van der Waals surface area (Å²) in [5.74, 6) is -0.878. The summed E-state index contributed by atoms with van der Waals surface area (Å²) in [6.45, 7) is 0.545. The summed E-state index contributed by atoms with van der Waals surface area (Å²) in [5.41, 5.74) is 1.68. The normalized spacial score (nSPS) is 10.2. The monoisotopic (exact) mass is 217 g/mol. The zero-order chi connectivity index (χ0) is 11.4. The van der Waals surface area contributed by atoms with Crippen LogP contribution in [0, 0.1) is 0 Å². The third-order valence-electron chi connectivity index (χ3n) is 2.21. The summed E-state index contributed by atoms with van der Waals surface area (Å²) in [7, 11) is 0. The largest absolute Gasteiger partial charge is 0.481 e. The second-order valence-electron chi connectivity index (χ2n) is 3.44. The minimum absolute atomic E-state index is 0.0557. The van der Waals surface area contributed by atoms with Crippen LogP contribution in [-0.4, -0.2) is 26.1 Å². The minimum Gasteiger partial charge on any atom is -0.481 e. The molecule has 1 N–H and O–H groups in total. The van der Waals surface area contributed by atoms with Crippen molar-refractivity contribution in [2.45, 2.75) is 13.0 Å². The van der Waals surface area contributed by atoms with E-state index < -0.39 is 5.97 Å². The van der Waals surface area contributed by atoms with Gasteiger partial charge in [0, 0.05) is 0 Å². The Bertz CT molecular complexity index is 479. The predicted molar refractivity (Wildman–Crippen MR) is 56.9 cm³/mol. The summed E-state index contributed by atoms with van der Waals surface area (Å²) in [4.78, 5) is 10.6. The number of aliphatic carboxylic acids is 1. The molecule has 82 valence electrons. The van der Waals surface area contributed by atoms with Crippen LogP contribution in [0.15, 0.2) is 36.5 Å². The molecule has 0 aliphatic heterocycles. The molecule has 5 nitrogen and oxygen atoms in total. The van der Waals surface area contributed by atoms with Crippen LogP contribution in [0.2, 0.25) is 0 Å². The number of hydrogen-bond acceptors (Lipinski definition) is 3. The summed E-state index contributed by atoms with van der Waals surface area (Å²) in [6.07, 6.45) is 1.43. The van der Waals surface area contributed by atoms with E-state index in [1.165, 1.54) is 6.20 Å². The van der Waals surface area contributed by atoms with Gasteiger partial charge in [-0.05, 0) is 5.56 Å². The SMILES string of the molecule is O=C(O)Cc1cnnn1Cc1ccccc1. The van der Waals surface area contributed by atoms with Gasteiger partial charge in [-0.15, -0.1) is 5.10 Å². The molecule has 1 aromatic carbocycles. The summed E-state index contributed by atoms with van der Waals surface area (Å²) in [6, 6.07) is 9.73. The van der Waals surface area contributed by atoms with Crippen molar-refractivity contribution in [3.63, 3.8) is 0 Å². The van der Waals surface area contributed by atoms with Gasteiger partial charge in [0.1, 0.15) is 0 Å². The molecule has 0 radical (unpaired) electrons. The van der Waals surface area contributed by atoms with Crippen molar-refractivity contribution in [2.24, 2.45) is 0 Å². The van der Waals surface area contributed by atoms with E-state index in [0.29, 0.717) is 12.2 Å². The Kier molecular flexibility index (Phi) is 2.95. The van der Waals surface area contributed by atoms with Crippen molar-refractivity contribution in [2.75, 3.05) is 0 Å². The average Bonchev–Trinajstić information content (AvgIpc) is 2.66. The zero-order valence-corrected chi connectivity index (χ0v) is 8.58. The highest BCUT2D eigenvalue weighted by molar-refractivity contribution is 5.69. The third-order valence-corrected chi connectivity index (χ3v) is 2.21. The molecule has 0 bridgehead atoms. The Hall–Kier alpha value is -2.17. The highest BCUT2D eigenvalue weighted by Gasteiger charge is 2.08. The lowest BCUT2D eigenvalue weighted by Gasteiger charge is -2.04. The first-order valence-corrected chi connectivity index (χ1v) is 4.89. The predicted octanol–water partition coefficient (Wildman–Crippen LogP) is 0.953. The third kappa shape index (κ3) is 2.44. The lowest BCUT2D eigenvalue weighted by molar-refractivity contribution is -0.136. The fourth-order valence-corrected chi connectivity index (χ4v) is 1.46. The van der Waals surface area contributed by atoms with Crippen LogP contribution in [0.25, 0.3) is 0 Å². The molecule has 0 atom stereocenters. The number of rotatable bonds is 4. The highest BCUT2D eigenvalue weighted by Crippen LogP contribution is 2.04. The van der Waals surface area contributed by atoms with Crippen molar-refractivity contribution in [1.29, 1.82) is 0 Å². The maximum absolute atomic E-state index is 10.6. The van der Waals surface area contributed by atoms with Crippen molar-refractivity contribution in [3.8, 4) is 0 Å². The Balaban J connectivity index is 2.16. The van der Waals surface area contributed by atoms with Crippen LogP contribution in [0.5, 0.6) is 0 Å². The minimum atomic E-state index is -0.878. The molecule has 0 amide bonds. The van der Waals surface area contributed by atoms with Crippen LogP contribution in [0.4, 0.5) is 0 Å². The average molecular weight is 217 g/mol. The van der Waals surface area contributed by atoms with Crippen LogP contribution >= 0.6 is 0 Å². The van der Waals surface area contributed by atoms with Crippen LogP contribution < -0.4 is 0 Å². The van der Waals surface area contributed by atoms with E-state index >= 15 is 0 Å². The van der Waals surface area contributed by atoms with Gasteiger partial charge in [0.2, 0.25) is 0 Å². The van der Waals surface area contributed by atoms with Gasteiger partial charge in [-0.25, -0.2) is 4.68 Å². The van der Waals surface area contributed by atoms with Gasteiger partial charge in [0.05, 0.1) is 24.9 Å². The Morgan fingerprint density at radius 1 is 1.31 bits per heavy atom. The van der Waals surface area contributed by atoms with Crippen molar-refractivity contribution in [1.82, 2.24) is 15.0 Å². The maximum Gasteiger partial charge on any atom is 0.309 e. The highest BCUT2D eigenvalue weighted by atomic mass is 16.4. The molecule has 0 fully saturated rings. The Morgan fingerprint density at radius 3 is 2.75 bits per heavy atom. The van der Waals surface area contributed by atoms with Gasteiger partial charge >= 0.3 is 5.97 Å². The fraction of sp³-hybridized carbons (Fsp3) is 0.182. The second kappa shape index (κ2) is 4.57. The molecule has 16 heavy (non-hydrogen) atoms. The van der Waals surface area contributed by atoms with Crippen molar-refractivity contribution >= 4 is 5.97 Å². The van der Waals surface area contributed by atoms with Crippen molar-refractivity contribution in [3.05, 3.63) is 47.8 Å². The number of nitrogens with zero attached hydrogens (tertiary/aromatic N) is 3. The van der Waals surface area contributed by atoms with Gasteiger partial charge in [0.25, 0.3) is 0 Å². The molecule has 0 aliphatic rings. The molecule has 1 heterocycles. The van der Waals surface area contributed by atoms with Crippen LogP contribution in [0.3, 0.4) is 0 Å². The second-order valence-corrected chi connectivity index (χ2v) is 3.44. The zero-order valence-electron chi connectivity index (χ0n) is 8.58. The molecule has 0 saturated heterocycles.